The summed E-state index contributed by atoms with van der Waals surface area (Å²) in [4.78, 5) is 24.6. The smallest absolute Gasteiger partial charge is 0.272 e. The Kier molecular flexibility index (Phi) is 6.71. The number of nitrogens with two attached hydrogens (primary N) is 3. The molecule has 0 bridgehead atoms. The van der Waals surface area contributed by atoms with Gasteiger partial charge in [0.2, 0.25) is 5.82 Å². The Morgan fingerprint density at radius 1 is 1.16 bits per heavy atom. The highest BCUT2D eigenvalue weighted by Gasteiger charge is 2.25. The Morgan fingerprint density at radius 3 is 2.73 bits per heavy atom. The Labute approximate surface area is 213 Å². The number of rotatable bonds is 7. The number of hydrogen-bond donors (Lipinski definition) is 7. The Morgan fingerprint density at radius 2 is 1.97 bits per heavy atom. The lowest BCUT2D eigenvalue weighted by atomic mass is 10.0. The number of methoxy groups -OCH3 is 1. The van der Waals surface area contributed by atoms with Gasteiger partial charge in [-0.25, -0.2) is 4.98 Å². The molecular weight excluding hydrogens is 470 g/mol. The van der Waals surface area contributed by atoms with Crippen molar-refractivity contribution < 1.29 is 14.8 Å². The fourth-order valence-corrected chi connectivity index (χ4v) is 4.62. The number of aromatic nitrogens is 3. The van der Waals surface area contributed by atoms with Crippen molar-refractivity contribution in [3.63, 3.8) is 0 Å². The summed E-state index contributed by atoms with van der Waals surface area (Å²) in [5.74, 6) is 0.968. The monoisotopic (exact) mass is 500 g/mol. The second-order valence-corrected chi connectivity index (χ2v) is 9.01. The second kappa shape index (κ2) is 10.2. The highest BCUT2D eigenvalue weighted by atomic mass is 16.5. The quantitative estimate of drug-likeness (QED) is 0.149. The summed E-state index contributed by atoms with van der Waals surface area (Å²) in [7, 11) is 1.51. The summed E-state index contributed by atoms with van der Waals surface area (Å²) in [6.07, 6.45) is 3.43. The minimum absolute atomic E-state index is 0.181. The van der Waals surface area contributed by atoms with Crippen molar-refractivity contribution in [1.29, 1.82) is 5.41 Å². The van der Waals surface area contributed by atoms with Gasteiger partial charge in [-0.2, -0.15) is 4.98 Å². The summed E-state index contributed by atoms with van der Waals surface area (Å²) >= 11 is 0. The third-order valence-electron chi connectivity index (χ3n) is 6.60. The Balaban J connectivity index is 1.39. The van der Waals surface area contributed by atoms with Crippen LogP contribution in [0.1, 0.15) is 34.5 Å². The molecule has 11 nitrogen and oxygen atoms in total. The van der Waals surface area contributed by atoms with E-state index in [-0.39, 0.29) is 17.4 Å². The lowest BCUT2D eigenvalue weighted by Crippen LogP contribution is -2.86. The number of nitrogens with zero attached hydrogens (tertiary/aromatic N) is 2. The van der Waals surface area contributed by atoms with Gasteiger partial charge in [-0.15, -0.1) is 0 Å². The number of hydrogen-bond acceptors (Lipinski definition) is 8. The maximum Gasteiger partial charge on any atom is 0.272 e. The van der Waals surface area contributed by atoms with Gasteiger partial charge in [0.15, 0.2) is 0 Å². The number of para-hydroxylation sites is 1. The molecule has 0 aliphatic carbocycles. The zero-order valence-electron chi connectivity index (χ0n) is 20.5. The minimum atomic E-state index is -0.337. The number of fused-ring (bicyclic) bond motifs is 1. The summed E-state index contributed by atoms with van der Waals surface area (Å²) in [5.41, 5.74) is 15.6. The van der Waals surface area contributed by atoms with Crippen molar-refractivity contribution in [1.82, 2.24) is 20.3 Å². The van der Waals surface area contributed by atoms with Crippen LogP contribution < -0.4 is 32.2 Å². The zero-order chi connectivity index (χ0) is 25.9. The van der Waals surface area contributed by atoms with Gasteiger partial charge in [0.25, 0.3) is 5.91 Å². The van der Waals surface area contributed by atoms with Gasteiger partial charge in [0, 0.05) is 36.9 Å². The lowest BCUT2D eigenvalue weighted by Gasteiger charge is -2.21. The van der Waals surface area contributed by atoms with E-state index in [1.807, 2.05) is 12.1 Å². The Bertz CT molecular complexity index is 1470. The highest BCUT2D eigenvalue weighted by molar-refractivity contribution is 6.16. The molecule has 0 radical (unpaired) electrons. The molecule has 1 saturated heterocycles. The van der Waals surface area contributed by atoms with Crippen molar-refractivity contribution in [3.8, 4) is 5.75 Å². The maximum atomic E-state index is 13.0. The van der Waals surface area contributed by atoms with Crippen molar-refractivity contribution in [2.75, 3.05) is 37.0 Å². The number of nitrogens with one attached hydrogen (secondary N) is 4. The Hall–Kier alpha value is -4.48. The molecular formula is C26H30N9O2+. The number of benzene rings is 2. The number of anilines is 3. The molecule has 190 valence electrons. The summed E-state index contributed by atoms with van der Waals surface area (Å²) in [5, 5.41) is 18.1. The van der Waals surface area contributed by atoms with E-state index in [1.165, 1.54) is 13.4 Å². The number of H-pyrrole nitrogens is 1. The van der Waals surface area contributed by atoms with Crippen molar-refractivity contribution in [2.24, 2.45) is 0 Å². The van der Waals surface area contributed by atoms with Crippen LogP contribution in [0, 0.1) is 5.41 Å². The standard InChI is InChI=1S/C26H29N9O2/c1-37-20-12-14(22(28)21-24(29)31-13-32-25(21)33-16-7-9-30-10-8-16)5-6-18(20)35-26(36)19-11-15-3-2-4-17(27)23(15)34-19/h2-6,11-13,16,28,30,34H,7-10,27H2,1H3,(H,35,36)(H3,29,31,32,33)/p+1. The maximum absolute atomic E-state index is 13.0. The van der Waals surface area contributed by atoms with Crippen LogP contribution in [0.25, 0.3) is 10.9 Å². The largest absolute Gasteiger partial charge is 0.495 e. The first-order chi connectivity index (χ1) is 17.9. The van der Waals surface area contributed by atoms with Crippen LogP contribution in [0.4, 0.5) is 23.0 Å². The number of aromatic amines is 1. The number of carbonyl (C=O) groups is 1. The van der Waals surface area contributed by atoms with E-state index in [2.05, 4.69) is 30.9 Å². The number of amides is 1. The second-order valence-electron chi connectivity index (χ2n) is 9.01. The predicted molar refractivity (Wildman–Crippen MR) is 144 cm³/mol. The molecule has 1 aliphatic heterocycles. The van der Waals surface area contributed by atoms with Gasteiger partial charge < -0.3 is 31.8 Å². The van der Waals surface area contributed by atoms with Gasteiger partial charge in [0.1, 0.15) is 29.2 Å². The normalized spacial score (nSPS) is 14.0. The first kappa shape index (κ1) is 24.2. The summed E-state index contributed by atoms with van der Waals surface area (Å²) < 4.78 is 5.55. The number of quaternary nitrogens is 1. The van der Waals surface area contributed by atoms with Gasteiger partial charge in [-0.05, 0) is 24.3 Å². The fraction of sp³-hybridized carbons (Fsp3) is 0.231. The fourth-order valence-electron chi connectivity index (χ4n) is 4.62. The molecule has 0 atom stereocenters. The number of carbonyl (C=O) groups excluding carboxylic acids is 1. The molecule has 11 heteroatoms. The molecule has 10 N–H and O–H groups in total. The third-order valence-corrected chi connectivity index (χ3v) is 6.60. The van der Waals surface area contributed by atoms with E-state index in [0.29, 0.717) is 51.3 Å². The molecule has 2 aromatic carbocycles. The molecule has 0 spiro atoms. The average Bonchev–Trinajstić information content (AvgIpc) is 3.35. The van der Waals surface area contributed by atoms with Crippen molar-refractivity contribution >= 4 is 45.5 Å². The van der Waals surface area contributed by atoms with Crippen LogP contribution in [-0.4, -0.2) is 52.8 Å². The van der Waals surface area contributed by atoms with Gasteiger partial charge >= 0.3 is 0 Å². The molecule has 0 unspecified atom stereocenters. The van der Waals surface area contributed by atoms with Crippen molar-refractivity contribution in [2.45, 2.75) is 18.9 Å². The lowest BCUT2D eigenvalue weighted by molar-refractivity contribution is -0.616. The average molecular weight is 501 g/mol. The molecule has 1 aliphatic rings. The minimum Gasteiger partial charge on any atom is -0.495 e. The number of nitrogen functional groups attached to an aromatic ring is 2. The van der Waals surface area contributed by atoms with Crippen molar-refractivity contribution in [3.05, 3.63) is 65.6 Å². The summed E-state index contributed by atoms with van der Waals surface area (Å²) in [6.45, 7) is 1.90. The first-order valence-electron chi connectivity index (χ1n) is 12.1. The van der Waals surface area contributed by atoms with Crippen LogP contribution in [0.2, 0.25) is 0 Å². The number of ether oxygens (including phenoxy) is 1. The molecule has 0 saturated carbocycles. The molecule has 1 amide bonds. The van der Waals surface area contributed by atoms with Crippen LogP contribution in [0.15, 0.2) is 48.8 Å². The van der Waals surface area contributed by atoms with Crippen LogP contribution >= 0.6 is 0 Å². The highest BCUT2D eigenvalue weighted by Crippen LogP contribution is 2.29. The molecule has 5 rings (SSSR count). The van der Waals surface area contributed by atoms with Gasteiger partial charge in [-0.3, -0.25) is 15.5 Å². The van der Waals surface area contributed by atoms with Crippen LogP contribution in [0.3, 0.4) is 0 Å². The molecule has 1 fully saturated rings. The first-order valence-corrected chi connectivity index (χ1v) is 12.1. The molecule has 2 aromatic heterocycles. The third kappa shape index (κ3) is 4.95. The number of piperidine rings is 1. The predicted octanol–water partition coefficient (Wildman–Crippen LogP) is 1.75. The van der Waals surface area contributed by atoms with E-state index >= 15 is 0 Å². The van der Waals surface area contributed by atoms with Crippen LogP contribution in [-0.2, 0) is 0 Å². The molecule has 4 aromatic rings. The van der Waals surface area contributed by atoms with E-state index in [4.69, 9.17) is 21.6 Å². The topological polar surface area (TPSA) is 184 Å². The van der Waals surface area contributed by atoms with Gasteiger partial charge in [-0.1, -0.05) is 18.2 Å². The van der Waals surface area contributed by atoms with E-state index in [0.717, 1.165) is 31.3 Å². The SMILES string of the molecule is COc1cc(C(=N)c2c(N)ncnc2[NH2+]C2CCNCC2)ccc1NC(=O)c1cc2cccc(N)c2[nH]1. The summed E-state index contributed by atoms with van der Waals surface area (Å²) in [6, 6.07) is 12.7. The van der Waals surface area contributed by atoms with Crippen LogP contribution in [0.5, 0.6) is 5.75 Å². The van der Waals surface area contributed by atoms with E-state index in [1.54, 1.807) is 30.3 Å². The molecule has 37 heavy (non-hydrogen) atoms. The van der Waals surface area contributed by atoms with Gasteiger partial charge in [0.05, 0.1) is 35.8 Å². The van der Waals surface area contributed by atoms with E-state index in [9.17, 15) is 4.79 Å². The molecule has 3 heterocycles. The zero-order valence-corrected chi connectivity index (χ0v) is 20.5. The van der Waals surface area contributed by atoms with E-state index < -0.39 is 0 Å².